The van der Waals surface area contributed by atoms with Crippen LogP contribution in [0.1, 0.15) is 62.0 Å². The Kier molecular flexibility index (Phi) is 8.15. The number of halogens is 1. The summed E-state index contributed by atoms with van der Waals surface area (Å²) in [7, 11) is 0. The number of carbonyl (C=O) groups is 1. The van der Waals surface area contributed by atoms with E-state index in [-0.39, 0.29) is 24.7 Å². The van der Waals surface area contributed by atoms with Crippen molar-refractivity contribution in [2.24, 2.45) is 4.99 Å². The van der Waals surface area contributed by atoms with Crippen LogP contribution in [-0.2, 0) is 11.2 Å². The third-order valence-electron chi connectivity index (χ3n) is 6.24. The molecule has 1 saturated heterocycles. The van der Waals surface area contributed by atoms with E-state index in [1.54, 1.807) is 18.2 Å². The van der Waals surface area contributed by atoms with Crippen LogP contribution in [0.2, 0.25) is 5.02 Å². The highest BCUT2D eigenvalue weighted by molar-refractivity contribution is 6.32. The number of aliphatic imine (C=N–C) groups is 1. The van der Waals surface area contributed by atoms with Crippen LogP contribution in [0.15, 0.2) is 53.7 Å². The van der Waals surface area contributed by atoms with Gasteiger partial charge in [0.15, 0.2) is 6.20 Å². The lowest BCUT2D eigenvalue weighted by Gasteiger charge is -2.28. The van der Waals surface area contributed by atoms with Gasteiger partial charge < -0.3 is 19.9 Å². The van der Waals surface area contributed by atoms with Gasteiger partial charge in [-0.15, -0.1) is 0 Å². The van der Waals surface area contributed by atoms with Crippen molar-refractivity contribution in [1.29, 1.82) is 0 Å². The summed E-state index contributed by atoms with van der Waals surface area (Å²) < 4.78 is 11.5. The number of fused-ring (bicyclic) bond motifs is 1. The first-order valence-corrected chi connectivity index (χ1v) is 12.7. The van der Waals surface area contributed by atoms with Crippen molar-refractivity contribution >= 4 is 29.0 Å². The molecule has 4 rings (SSSR count). The summed E-state index contributed by atoms with van der Waals surface area (Å²) >= 11 is 6.30. The molecule has 36 heavy (non-hydrogen) atoms. The van der Waals surface area contributed by atoms with Crippen molar-refractivity contribution < 1.29 is 19.4 Å². The van der Waals surface area contributed by atoms with E-state index in [1.807, 2.05) is 58.2 Å². The predicted octanol–water partition coefficient (Wildman–Crippen LogP) is 4.86. The quantitative estimate of drug-likeness (QED) is 0.471. The van der Waals surface area contributed by atoms with Gasteiger partial charge >= 0.3 is 0 Å². The Labute approximate surface area is 217 Å². The van der Waals surface area contributed by atoms with Gasteiger partial charge in [0.25, 0.3) is 17.5 Å². The summed E-state index contributed by atoms with van der Waals surface area (Å²) in [5, 5.41) is 13.0. The van der Waals surface area contributed by atoms with Gasteiger partial charge in [0.1, 0.15) is 11.4 Å². The van der Waals surface area contributed by atoms with E-state index >= 15 is 0 Å². The summed E-state index contributed by atoms with van der Waals surface area (Å²) in [6.07, 6.45) is 3.86. The molecule has 1 amide bonds. The molecule has 191 valence electrons. The van der Waals surface area contributed by atoms with Crippen LogP contribution in [0.25, 0.3) is 5.70 Å². The number of hydrogen-bond acceptors (Lipinski definition) is 6. The zero-order chi connectivity index (χ0) is 25.9. The highest BCUT2D eigenvalue weighted by Gasteiger charge is 2.47. The second kappa shape index (κ2) is 11.1. The molecule has 0 spiro atoms. The van der Waals surface area contributed by atoms with E-state index in [0.29, 0.717) is 35.8 Å². The third-order valence-corrected chi connectivity index (χ3v) is 6.54. The number of amides is 1. The van der Waals surface area contributed by atoms with Gasteiger partial charge in [-0.3, -0.25) is 4.79 Å². The lowest BCUT2D eigenvalue weighted by Crippen LogP contribution is -2.53. The van der Waals surface area contributed by atoms with Gasteiger partial charge in [0, 0.05) is 37.6 Å². The smallest absolute Gasteiger partial charge is 0.262 e. The molecule has 0 bridgehead atoms. The summed E-state index contributed by atoms with van der Waals surface area (Å²) in [4.78, 5) is 19.8. The van der Waals surface area contributed by atoms with Crippen molar-refractivity contribution in [1.82, 2.24) is 10.2 Å². The average Bonchev–Trinajstić information content (AvgIpc) is 3.27. The topological polar surface area (TPSA) is 86.1 Å². The fourth-order valence-electron chi connectivity index (χ4n) is 4.40. The van der Waals surface area contributed by atoms with E-state index in [2.05, 4.69) is 10.2 Å². The molecule has 2 aromatic rings. The van der Waals surface area contributed by atoms with Crippen molar-refractivity contribution in [3.63, 3.8) is 0 Å². The molecular formula is C28H34ClN3O4+. The summed E-state index contributed by atoms with van der Waals surface area (Å²) in [6, 6.07) is 13.0. The maximum Gasteiger partial charge on any atom is 0.262 e. The number of aliphatic hydroxyl groups excluding tert-OH is 1. The Morgan fingerprint density at radius 3 is 2.64 bits per heavy atom. The van der Waals surface area contributed by atoms with Gasteiger partial charge in [0.2, 0.25) is 0 Å². The summed E-state index contributed by atoms with van der Waals surface area (Å²) in [6.45, 7) is 8.57. The maximum atomic E-state index is 12.9. The number of rotatable bonds is 9. The first kappa shape index (κ1) is 26.4. The number of aliphatic hydroxyl groups is 1. The monoisotopic (exact) mass is 511 g/mol. The van der Waals surface area contributed by atoms with Crippen molar-refractivity contribution in [3.05, 3.63) is 70.4 Å². The Bertz CT molecular complexity index is 1160. The molecule has 1 fully saturated rings. The molecule has 0 aliphatic carbocycles. The largest absolute Gasteiger partial charge is 0.489 e. The van der Waals surface area contributed by atoms with Gasteiger partial charge in [0.05, 0.1) is 24.2 Å². The molecule has 1 unspecified atom stereocenters. The fourth-order valence-corrected chi connectivity index (χ4v) is 4.62. The number of nitrogens with zero attached hydrogens (tertiary/aromatic N) is 2. The first-order chi connectivity index (χ1) is 17.2. The fraction of sp³-hybridized carbons (Fsp3) is 0.429. The summed E-state index contributed by atoms with van der Waals surface area (Å²) in [5.74, 6) is 1.33. The molecule has 1 radical (unpaired) electrons. The van der Waals surface area contributed by atoms with E-state index in [4.69, 9.17) is 26.1 Å². The number of ether oxygens (including phenoxy) is 2. The maximum absolute atomic E-state index is 12.9. The van der Waals surface area contributed by atoms with Crippen LogP contribution in [0.5, 0.6) is 5.75 Å². The van der Waals surface area contributed by atoms with Crippen molar-refractivity contribution in [2.75, 3.05) is 13.2 Å². The first-order valence-electron chi connectivity index (χ1n) is 12.4. The number of benzene rings is 2. The van der Waals surface area contributed by atoms with Crippen LogP contribution in [0, 0.1) is 0 Å². The van der Waals surface area contributed by atoms with Crippen LogP contribution < -0.4 is 15.0 Å². The molecule has 2 heterocycles. The van der Waals surface area contributed by atoms with Gasteiger partial charge in [-0.2, -0.15) is 4.99 Å². The Morgan fingerprint density at radius 1 is 1.25 bits per heavy atom. The standard InChI is InChI=1S/C28H34ClN3O4/c1-18(2)36-25-10-9-21(16-23(25)29)27(34)30-22(11-13-33)15-19-5-7-20(8-6-19)24-17-32-26(31-24)12-14-35-28(32,3)4/h5-10,16-18,22,33H,11-15H2,1-4H3,(H,30,34)/q+1. The molecule has 8 heteroatoms. The van der Waals surface area contributed by atoms with Gasteiger partial charge in [-0.05, 0) is 50.5 Å². The molecule has 2 aromatic carbocycles. The predicted molar refractivity (Wildman–Crippen MR) is 143 cm³/mol. The number of hydrogen-bond donors (Lipinski definition) is 2. The van der Waals surface area contributed by atoms with Gasteiger partial charge in [-0.25, -0.2) is 0 Å². The highest BCUT2D eigenvalue weighted by Crippen LogP contribution is 2.31. The van der Waals surface area contributed by atoms with Crippen LogP contribution >= 0.6 is 11.6 Å². The summed E-state index contributed by atoms with van der Waals surface area (Å²) in [5.41, 5.74) is 3.05. The number of carbonyl (C=O) groups excluding carboxylic acids is 1. The molecule has 7 nitrogen and oxygen atoms in total. The number of nitrogens with one attached hydrogen (secondary N) is 1. The molecule has 2 aliphatic heterocycles. The Morgan fingerprint density at radius 2 is 2.00 bits per heavy atom. The third kappa shape index (κ3) is 6.16. The normalized spacial score (nSPS) is 17.9. The minimum absolute atomic E-state index is 0.0117. The molecule has 0 aromatic heterocycles. The average molecular weight is 512 g/mol. The minimum Gasteiger partial charge on any atom is -0.489 e. The van der Waals surface area contributed by atoms with Crippen LogP contribution in [-0.4, -0.2) is 47.9 Å². The Hall–Kier alpha value is -2.71. The molecule has 2 N–H and O–H groups in total. The zero-order valence-corrected chi connectivity index (χ0v) is 22.0. The second-order valence-electron chi connectivity index (χ2n) is 9.85. The van der Waals surface area contributed by atoms with E-state index in [0.717, 1.165) is 29.1 Å². The SMILES string of the molecule is CC(C)Oc1ccc(C(=O)NC(CCO)Cc2ccc(C3=C[N+]4C(=N3)CCOC4(C)C)cc2)cc1Cl. The minimum atomic E-state index is -0.402. The van der Waals surface area contributed by atoms with E-state index in [1.165, 1.54) is 0 Å². The second-order valence-corrected chi connectivity index (χ2v) is 10.3. The molecule has 0 saturated carbocycles. The highest BCUT2D eigenvalue weighted by atomic mass is 35.5. The molecule has 2 aliphatic rings. The van der Waals surface area contributed by atoms with E-state index < -0.39 is 5.72 Å². The molecule has 1 atom stereocenters. The van der Waals surface area contributed by atoms with Crippen LogP contribution in [0.3, 0.4) is 0 Å². The molecular weight excluding hydrogens is 478 g/mol. The Balaban J connectivity index is 1.42. The van der Waals surface area contributed by atoms with Crippen molar-refractivity contribution in [3.8, 4) is 5.75 Å². The number of amidine groups is 1. The van der Waals surface area contributed by atoms with Crippen LogP contribution in [0.4, 0.5) is 0 Å². The zero-order valence-electron chi connectivity index (χ0n) is 21.3. The lowest BCUT2D eigenvalue weighted by atomic mass is 10.0. The van der Waals surface area contributed by atoms with Crippen molar-refractivity contribution in [2.45, 2.75) is 64.8 Å². The lowest BCUT2D eigenvalue weighted by molar-refractivity contribution is -0.0639. The van der Waals surface area contributed by atoms with Gasteiger partial charge in [-0.1, -0.05) is 40.8 Å². The van der Waals surface area contributed by atoms with E-state index in [9.17, 15) is 9.90 Å².